The zero-order valence-electron chi connectivity index (χ0n) is 18.2. The van der Waals surface area contributed by atoms with Crippen molar-refractivity contribution in [2.24, 2.45) is 0 Å². The Hall–Kier alpha value is -3.28. The Bertz CT molecular complexity index is 1300. The minimum Gasteiger partial charge on any atom is -0.507 e. The molecule has 5 nitrogen and oxygen atoms in total. The van der Waals surface area contributed by atoms with Gasteiger partial charge in [0.25, 0.3) is 11.7 Å². The van der Waals surface area contributed by atoms with Gasteiger partial charge in [0, 0.05) is 11.3 Å². The normalized spacial score (nSPS) is 17.5. The molecular formula is C26H21Cl2NO4. The summed E-state index contributed by atoms with van der Waals surface area (Å²) in [6.45, 7) is 3.91. The van der Waals surface area contributed by atoms with Gasteiger partial charge in [0.2, 0.25) is 0 Å². The zero-order chi connectivity index (χ0) is 23.9. The molecule has 0 spiro atoms. The summed E-state index contributed by atoms with van der Waals surface area (Å²) in [5.74, 6) is -1.19. The third-order valence-corrected chi connectivity index (χ3v) is 6.58. The van der Waals surface area contributed by atoms with Crippen LogP contribution in [0.5, 0.6) is 5.75 Å². The third-order valence-electron chi connectivity index (χ3n) is 5.84. The van der Waals surface area contributed by atoms with E-state index in [0.29, 0.717) is 27.6 Å². The molecule has 3 aromatic rings. The van der Waals surface area contributed by atoms with E-state index in [4.69, 9.17) is 27.9 Å². The van der Waals surface area contributed by atoms with Crippen LogP contribution in [0.2, 0.25) is 10.0 Å². The fourth-order valence-corrected chi connectivity index (χ4v) is 4.17. The zero-order valence-corrected chi connectivity index (χ0v) is 19.7. The van der Waals surface area contributed by atoms with Gasteiger partial charge in [-0.05, 0) is 73.0 Å². The van der Waals surface area contributed by atoms with Gasteiger partial charge in [-0.2, -0.15) is 0 Å². The molecule has 4 rings (SSSR count). The second-order valence-corrected chi connectivity index (χ2v) is 8.65. The summed E-state index contributed by atoms with van der Waals surface area (Å²) in [6, 6.07) is 16.3. The van der Waals surface area contributed by atoms with E-state index in [-0.39, 0.29) is 16.4 Å². The summed E-state index contributed by atoms with van der Waals surface area (Å²) < 4.78 is 5.25. The van der Waals surface area contributed by atoms with Crippen molar-refractivity contribution in [1.82, 2.24) is 0 Å². The molecule has 1 fully saturated rings. The van der Waals surface area contributed by atoms with E-state index in [1.54, 1.807) is 43.5 Å². The molecule has 7 heteroatoms. The van der Waals surface area contributed by atoms with E-state index in [1.807, 2.05) is 26.0 Å². The summed E-state index contributed by atoms with van der Waals surface area (Å²) in [7, 11) is 1.56. The molecule has 168 valence electrons. The van der Waals surface area contributed by atoms with Gasteiger partial charge in [0.15, 0.2) is 0 Å². The number of hydrogen-bond acceptors (Lipinski definition) is 4. The number of nitrogens with zero attached hydrogens (tertiary/aromatic N) is 1. The smallest absolute Gasteiger partial charge is 0.300 e. The van der Waals surface area contributed by atoms with Crippen molar-refractivity contribution in [3.63, 3.8) is 0 Å². The van der Waals surface area contributed by atoms with Crippen LogP contribution in [0, 0.1) is 13.8 Å². The number of carbonyl (C=O) groups is 2. The van der Waals surface area contributed by atoms with E-state index in [0.717, 1.165) is 11.1 Å². The Balaban J connectivity index is 1.95. The lowest BCUT2D eigenvalue weighted by Gasteiger charge is -2.26. The fourth-order valence-electron chi connectivity index (χ4n) is 3.87. The lowest BCUT2D eigenvalue weighted by atomic mass is 9.95. The number of aryl methyl sites for hydroxylation is 2. The summed E-state index contributed by atoms with van der Waals surface area (Å²) in [5, 5.41) is 11.7. The van der Waals surface area contributed by atoms with Crippen molar-refractivity contribution in [3.8, 4) is 5.75 Å². The van der Waals surface area contributed by atoms with Crippen LogP contribution in [-0.2, 0) is 9.59 Å². The second kappa shape index (κ2) is 8.93. The Morgan fingerprint density at radius 1 is 0.909 bits per heavy atom. The maximum atomic E-state index is 13.2. The van der Waals surface area contributed by atoms with E-state index >= 15 is 0 Å². The van der Waals surface area contributed by atoms with Gasteiger partial charge in [0.05, 0.1) is 28.8 Å². The number of aliphatic hydroxyl groups is 1. The van der Waals surface area contributed by atoms with Crippen LogP contribution in [0.25, 0.3) is 5.76 Å². The van der Waals surface area contributed by atoms with Crippen molar-refractivity contribution >= 4 is 46.3 Å². The third kappa shape index (κ3) is 4.10. The summed E-state index contributed by atoms with van der Waals surface area (Å²) >= 11 is 12.1. The number of halogens is 2. The number of methoxy groups -OCH3 is 1. The first-order valence-corrected chi connectivity index (χ1v) is 11.0. The molecule has 0 saturated carbocycles. The molecule has 1 heterocycles. The van der Waals surface area contributed by atoms with Gasteiger partial charge in [0.1, 0.15) is 11.5 Å². The average molecular weight is 482 g/mol. The summed E-state index contributed by atoms with van der Waals surface area (Å²) in [5.41, 5.74) is 3.52. The van der Waals surface area contributed by atoms with Crippen LogP contribution in [0.1, 0.15) is 28.3 Å². The number of ether oxygens (including phenoxy) is 1. The fraction of sp³-hybridized carbons (Fsp3) is 0.154. The van der Waals surface area contributed by atoms with Crippen LogP contribution < -0.4 is 9.64 Å². The van der Waals surface area contributed by atoms with E-state index in [9.17, 15) is 14.7 Å². The van der Waals surface area contributed by atoms with Crippen LogP contribution in [0.15, 0.2) is 66.2 Å². The quantitative estimate of drug-likeness (QED) is 0.271. The van der Waals surface area contributed by atoms with Gasteiger partial charge in [-0.15, -0.1) is 0 Å². The van der Waals surface area contributed by atoms with Crippen molar-refractivity contribution in [3.05, 3.63) is 98.5 Å². The van der Waals surface area contributed by atoms with E-state index in [2.05, 4.69) is 0 Å². The molecule has 1 aliphatic rings. The summed E-state index contributed by atoms with van der Waals surface area (Å²) in [4.78, 5) is 27.9. The second-order valence-electron chi connectivity index (χ2n) is 7.84. The Labute approximate surface area is 201 Å². The number of rotatable bonds is 4. The number of hydrogen-bond donors (Lipinski definition) is 1. The molecule has 1 saturated heterocycles. The van der Waals surface area contributed by atoms with Crippen molar-refractivity contribution in [2.45, 2.75) is 19.9 Å². The summed E-state index contributed by atoms with van der Waals surface area (Å²) in [6.07, 6.45) is 0. The molecule has 1 unspecified atom stereocenters. The standard InChI is InChI=1S/C26H21Cl2NO4/c1-14-4-8-18(12-15(14)2)29-23(16-5-9-19(33-3)10-6-16)22(25(31)26(29)32)24(30)17-7-11-20(27)21(28)13-17/h4-13,23,30H,1-3H3/b24-22+. The topological polar surface area (TPSA) is 66.8 Å². The minimum absolute atomic E-state index is 0.0261. The number of anilines is 1. The van der Waals surface area contributed by atoms with Gasteiger partial charge >= 0.3 is 0 Å². The first-order chi connectivity index (χ1) is 15.7. The number of ketones is 1. The molecule has 3 aromatic carbocycles. The number of aliphatic hydroxyl groups excluding tert-OH is 1. The molecule has 1 aliphatic heterocycles. The molecule has 0 aromatic heterocycles. The highest BCUT2D eigenvalue weighted by Crippen LogP contribution is 2.43. The highest BCUT2D eigenvalue weighted by atomic mass is 35.5. The molecule has 0 radical (unpaired) electrons. The molecule has 1 amide bonds. The van der Waals surface area contributed by atoms with Crippen LogP contribution >= 0.6 is 23.2 Å². The minimum atomic E-state index is -0.840. The molecular weight excluding hydrogens is 461 g/mol. The van der Waals surface area contributed by atoms with Gasteiger partial charge in [-0.25, -0.2) is 0 Å². The largest absolute Gasteiger partial charge is 0.507 e. The predicted molar refractivity (Wildman–Crippen MR) is 130 cm³/mol. The Kier molecular flexibility index (Phi) is 6.19. The Morgan fingerprint density at radius 2 is 1.61 bits per heavy atom. The highest BCUT2D eigenvalue weighted by Gasteiger charge is 2.47. The van der Waals surface area contributed by atoms with Gasteiger partial charge in [-0.1, -0.05) is 41.4 Å². The van der Waals surface area contributed by atoms with Gasteiger partial charge < -0.3 is 9.84 Å². The van der Waals surface area contributed by atoms with Crippen LogP contribution in [0.3, 0.4) is 0 Å². The van der Waals surface area contributed by atoms with Crippen molar-refractivity contribution < 1.29 is 19.4 Å². The van der Waals surface area contributed by atoms with E-state index in [1.165, 1.54) is 17.0 Å². The maximum absolute atomic E-state index is 13.2. The lowest BCUT2D eigenvalue weighted by molar-refractivity contribution is -0.132. The maximum Gasteiger partial charge on any atom is 0.300 e. The average Bonchev–Trinajstić information content (AvgIpc) is 3.07. The van der Waals surface area contributed by atoms with Crippen LogP contribution in [-0.4, -0.2) is 23.9 Å². The Morgan fingerprint density at radius 3 is 2.21 bits per heavy atom. The first kappa shape index (κ1) is 22.9. The molecule has 1 atom stereocenters. The van der Waals surface area contributed by atoms with E-state index < -0.39 is 17.7 Å². The van der Waals surface area contributed by atoms with Crippen molar-refractivity contribution in [2.75, 3.05) is 12.0 Å². The predicted octanol–water partition coefficient (Wildman–Crippen LogP) is 6.25. The SMILES string of the molecule is COc1ccc(C2/C(=C(\O)c3ccc(Cl)c(Cl)c3)C(=O)C(=O)N2c2ccc(C)c(C)c2)cc1. The molecule has 0 aliphatic carbocycles. The molecule has 0 bridgehead atoms. The first-order valence-electron chi connectivity index (χ1n) is 10.2. The lowest BCUT2D eigenvalue weighted by Crippen LogP contribution is -2.29. The van der Waals surface area contributed by atoms with Crippen molar-refractivity contribution in [1.29, 1.82) is 0 Å². The number of amides is 1. The van der Waals surface area contributed by atoms with Gasteiger partial charge in [-0.3, -0.25) is 14.5 Å². The van der Waals surface area contributed by atoms with Crippen LogP contribution in [0.4, 0.5) is 5.69 Å². The molecule has 1 N–H and O–H groups in total. The molecule has 33 heavy (non-hydrogen) atoms. The number of benzene rings is 3. The number of Topliss-reactive ketones (excluding diaryl/α,β-unsaturated/α-hetero) is 1. The number of carbonyl (C=O) groups excluding carboxylic acids is 2. The highest BCUT2D eigenvalue weighted by molar-refractivity contribution is 6.51. The monoisotopic (exact) mass is 481 g/mol.